The van der Waals surface area contributed by atoms with E-state index in [0.717, 1.165) is 0 Å². The summed E-state index contributed by atoms with van der Waals surface area (Å²) in [5.41, 5.74) is 1.01. The first-order chi connectivity index (χ1) is 8.63. The Kier molecular flexibility index (Phi) is 3.75. The van der Waals surface area contributed by atoms with E-state index in [9.17, 15) is 14.3 Å². The number of aliphatic hydroxyl groups is 1. The van der Waals surface area contributed by atoms with E-state index in [-0.39, 0.29) is 10.6 Å². The molecule has 0 heterocycles. The van der Waals surface area contributed by atoms with Crippen molar-refractivity contribution in [2.24, 2.45) is 0 Å². The van der Waals surface area contributed by atoms with Gasteiger partial charge in [-0.25, -0.2) is 4.39 Å². The van der Waals surface area contributed by atoms with Gasteiger partial charge in [-0.2, -0.15) is 0 Å². The van der Waals surface area contributed by atoms with Crippen LogP contribution in [0.25, 0.3) is 0 Å². The average molecular weight is 265 g/mol. The highest BCUT2D eigenvalue weighted by Crippen LogP contribution is 2.30. The van der Waals surface area contributed by atoms with Gasteiger partial charge in [0, 0.05) is 16.1 Å². The third-order valence-electron chi connectivity index (χ3n) is 2.66. The summed E-state index contributed by atoms with van der Waals surface area (Å²) in [5.74, 6) is -0.561. The summed E-state index contributed by atoms with van der Waals surface area (Å²) in [6.45, 7) is 0. The molecule has 0 fully saturated rings. The molecule has 2 aromatic carbocycles. The lowest BCUT2D eigenvalue weighted by Gasteiger charge is -2.14. The Morgan fingerprint density at radius 3 is 2.39 bits per heavy atom. The summed E-state index contributed by atoms with van der Waals surface area (Å²) in [6, 6.07) is 10.5. The van der Waals surface area contributed by atoms with Gasteiger partial charge in [0.1, 0.15) is 18.2 Å². The maximum Gasteiger partial charge on any atom is 0.150 e. The van der Waals surface area contributed by atoms with Crippen molar-refractivity contribution < 1.29 is 14.3 Å². The Hall–Kier alpha value is -1.71. The van der Waals surface area contributed by atoms with Crippen LogP contribution in [0.3, 0.4) is 0 Å². The number of aliphatic hydroxyl groups excluding tert-OH is 1. The lowest BCUT2D eigenvalue weighted by atomic mass is 10.00. The molecule has 0 saturated heterocycles. The van der Waals surface area contributed by atoms with E-state index in [1.165, 1.54) is 18.2 Å². The standard InChI is InChI=1S/C14H10ClFO2/c15-11-2-1-3-12(16)13(11)14(18)10-6-4-9(8-17)5-7-10/h1-8,14,18H. The Morgan fingerprint density at radius 1 is 1.17 bits per heavy atom. The second kappa shape index (κ2) is 5.29. The lowest BCUT2D eigenvalue weighted by Crippen LogP contribution is -2.03. The molecule has 18 heavy (non-hydrogen) atoms. The highest BCUT2D eigenvalue weighted by Gasteiger charge is 2.18. The molecule has 0 aromatic heterocycles. The second-order valence-corrected chi connectivity index (χ2v) is 4.23. The van der Waals surface area contributed by atoms with E-state index < -0.39 is 11.9 Å². The number of aldehydes is 1. The van der Waals surface area contributed by atoms with E-state index in [1.807, 2.05) is 0 Å². The van der Waals surface area contributed by atoms with E-state index >= 15 is 0 Å². The number of benzene rings is 2. The van der Waals surface area contributed by atoms with Crippen molar-refractivity contribution in [3.8, 4) is 0 Å². The molecule has 0 aliphatic heterocycles. The SMILES string of the molecule is O=Cc1ccc(C(O)c2c(F)cccc2Cl)cc1. The van der Waals surface area contributed by atoms with E-state index in [2.05, 4.69) is 0 Å². The number of hydrogen-bond acceptors (Lipinski definition) is 2. The molecule has 0 radical (unpaired) electrons. The highest BCUT2D eigenvalue weighted by atomic mass is 35.5. The predicted octanol–water partition coefficient (Wildman–Crippen LogP) is 3.37. The summed E-state index contributed by atoms with van der Waals surface area (Å²) in [7, 11) is 0. The molecule has 0 saturated carbocycles. The first kappa shape index (κ1) is 12.7. The first-order valence-corrected chi connectivity index (χ1v) is 5.68. The van der Waals surface area contributed by atoms with Crippen LogP contribution in [0.15, 0.2) is 42.5 Å². The Labute approximate surface area is 109 Å². The molecule has 0 amide bonds. The molecule has 4 heteroatoms. The third-order valence-corrected chi connectivity index (χ3v) is 2.99. The van der Waals surface area contributed by atoms with Crippen LogP contribution in [-0.2, 0) is 0 Å². The van der Waals surface area contributed by atoms with Gasteiger partial charge >= 0.3 is 0 Å². The largest absolute Gasteiger partial charge is 0.383 e. The number of carbonyl (C=O) groups excluding carboxylic acids is 1. The Bertz CT molecular complexity index is 546. The fourth-order valence-corrected chi connectivity index (χ4v) is 1.96. The number of halogens is 2. The van der Waals surface area contributed by atoms with Crippen molar-refractivity contribution in [2.45, 2.75) is 6.10 Å². The van der Waals surface area contributed by atoms with Crippen LogP contribution >= 0.6 is 11.6 Å². The summed E-state index contributed by atoms with van der Waals surface area (Å²) in [6.07, 6.45) is -0.453. The van der Waals surface area contributed by atoms with Crippen molar-refractivity contribution in [2.75, 3.05) is 0 Å². The average Bonchev–Trinajstić information content (AvgIpc) is 2.38. The first-order valence-electron chi connectivity index (χ1n) is 5.30. The maximum absolute atomic E-state index is 13.6. The lowest BCUT2D eigenvalue weighted by molar-refractivity contribution is 0.112. The second-order valence-electron chi connectivity index (χ2n) is 3.82. The van der Waals surface area contributed by atoms with Gasteiger partial charge in [-0.1, -0.05) is 41.9 Å². The monoisotopic (exact) mass is 264 g/mol. The van der Waals surface area contributed by atoms with Gasteiger partial charge in [-0.15, -0.1) is 0 Å². The van der Waals surface area contributed by atoms with Gasteiger partial charge in [-0.05, 0) is 17.7 Å². The Morgan fingerprint density at radius 2 is 1.83 bits per heavy atom. The zero-order valence-corrected chi connectivity index (χ0v) is 10.1. The van der Waals surface area contributed by atoms with Gasteiger partial charge < -0.3 is 5.11 Å². The van der Waals surface area contributed by atoms with Crippen LogP contribution in [0, 0.1) is 5.82 Å². The van der Waals surface area contributed by atoms with E-state index in [0.29, 0.717) is 17.4 Å². The van der Waals surface area contributed by atoms with Crippen molar-refractivity contribution in [3.63, 3.8) is 0 Å². The molecule has 1 unspecified atom stereocenters. The molecule has 2 aromatic rings. The third kappa shape index (κ3) is 2.42. The molecule has 2 nitrogen and oxygen atoms in total. The molecule has 2 rings (SSSR count). The molecule has 0 aliphatic carbocycles. The minimum absolute atomic E-state index is 0.0398. The Balaban J connectivity index is 2.41. The highest BCUT2D eigenvalue weighted by molar-refractivity contribution is 6.31. The minimum atomic E-state index is -1.15. The summed E-state index contributed by atoms with van der Waals surface area (Å²) >= 11 is 5.88. The molecular weight excluding hydrogens is 255 g/mol. The van der Waals surface area contributed by atoms with Gasteiger partial charge in [0.2, 0.25) is 0 Å². The fourth-order valence-electron chi connectivity index (χ4n) is 1.70. The van der Waals surface area contributed by atoms with Crippen LogP contribution in [0.2, 0.25) is 5.02 Å². The van der Waals surface area contributed by atoms with Crippen LogP contribution < -0.4 is 0 Å². The van der Waals surface area contributed by atoms with Gasteiger partial charge in [0.15, 0.2) is 0 Å². The normalized spacial score (nSPS) is 12.2. The molecule has 92 valence electrons. The summed E-state index contributed by atoms with van der Waals surface area (Å²) < 4.78 is 13.6. The van der Waals surface area contributed by atoms with Crippen LogP contribution in [0.4, 0.5) is 4.39 Å². The summed E-state index contributed by atoms with van der Waals surface area (Å²) in [5, 5.41) is 10.3. The molecule has 0 aliphatic rings. The van der Waals surface area contributed by atoms with Crippen LogP contribution in [-0.4, -0.2) is 11.4 Å². The minimum Gasteiger partial charge on any atom is -0.383 e. The molecule has 0 spiro atoms. The van der Waals surface area contributed by atoms with Crippen LogP contribution in [0.1, 0.15) is 27.6 Å². The van der Waals surface area contributed by atoms with Gasteiger partial charge in [0.25, 0.3) is 0 Å². The van der Waals surface area contributed by atoms with Crippen LogP contribution in [0.5, 0.6) is 0 Å². The molecular formula is C14H10ClFO2. The number of carbonyl (C=O) groups is 1. The summed E-state index contributed by atoms with van der Waals surface area (Å²) in [4.78, 5) is 10.5. The van der Waals surface area contributed by atoms with Gasteiger partial charge in [-0.3, -0.25) is 4.79 Å². The molecule has 1 atom stereocenters. The molecule has 0 bridgehead atoms. The van der Waals surface area contributed by atoms with Gasteiger partial charge in [0.05, 0.1) is 0 Å². The fraction of sp³-hybridized carbons (Fsp3) is 0.0714. The number of rotatable bonds is 3. The van der Waals surface area contributed by atoms with E-state index in [1.54, 1.807) is 24.3 Å². The van der Waals surface area contributed by atoms with Crippen molar-refractivity contribution in [1.29, 1.82) is 0 Å². The topological polar surface area (TPSA) is 37.3 Å². The number of hydrogen-bond donors (Lipinski definition) is 1. The smallest absolute Gasteiger partial charge is 0.150 e. The zero-order valence-electron chi connectivity index (χ0n) is 9.31. The van der Waals surface area contributed by atoms with Crippen molar-refractivity contribution in [1.82, 2.24) is 0 Å². The predicted molar refractivity (Wildman–Crippen MR) is 67.3 cm³/mol. The van der Waals surface area contributed by atoms with Crippen molar-refractivity contribution >= 4 is 17.9 Å². The quantitative estimate of drug-likeness (QED) is 0.863. The van der Waals surface area contributed by atoms with E-state index in [4.69, 9.17) is 11.6 Å². The van der Waals surface area contributed by atoms with Crippen molar-refractivity contribution in [3.05, 3.63) is 70.0 Å². The zero-order chi connectivity index (χ0) is 13.1. The molecule has 1 N–H and O–H groups in total. The maximum atomic E-state index is 13.6.